The first-order valence-electron chi connectivity index (χ1n) is 3.74. The second-order valence-electron chi connectivity index (χ2n) is 3.00. The molecule has 0 saturated carbocycles. The van der Waals surface area contributed by atoms with Gasteiger partial charge < -0.3 is 15.5 Å². The first-order valence-corrected chi connectivity index (χ1v) is 3.74. The predicted octanol–water partition coefficient (Wildman–Crippen LogP) is -0.0738. The van der Waals surface area contributed by atoms with Gasteiger partial charge in [-0.15, -0.1) is 0 Å². The zero-order valence-electron chi connectivity index (χ0n) is 6.23. The summed E-state index contributed by atoms with van der Waals surface area (Å²) < 4.78 is 0. The lowest BCUT2D eigenvalue weighted by molar-refractivity contribution is 0.201. The molecule has 1 saturated heterocycles. The van der Waals surface area contributed by atoms with Gasteiger partial charge in [-0.3, -0.25) is 0 Å². The number of nitrogens with two attached hydrogens (primary N) is 1. The third-order valence-electron chi connectivity index (χ3n) is 2.23. The molecule has 1 fully saturated rings. The van der Waals surface area contributed by atoms with Crippen molar-refractivity contribution in [2.24, 2.45) is 5.73 Å². The van der Waals surface area contributed by atoms with Crippen LogP contribution in [0.4, 0.5) is 4.79 Å². The van der Waals surface area contributed by atoms with Crippen LogP contribution >= 0.6 is 0 Å². The molecule has 2 amide bonds. The molecule has 4 heteroatoms. The molecule has 0 spiro atoms. The van der Waals surface area contributed by atoms with Crippen LogP contribution in [-0.2, 0) is 0 Å². The molecule has 4 nitrogen and oxygen atoms in total. The lowest BCUT2D eigenvalue weighted by atomic mass is 10.1. The summed E-state index contributed by atoms with van der Waals surface area (Å²) >= 11 is 0. The molecule has 2 N–H and O–H groups in total. The minimum atomic E-state index is -0.304. The van der Waals surface area contributed by atoms with Crippen molar-refractivity contribution in [3.63, 3.8) is 0 Å². The van der Waals surface area contributed by atoms with Crippen molar-refractivity contribution >= 4 is 6.03 Å². The van der Waals surface area contributed by atoms with Gasteiger partial charge in [0.25, 0.3) is 0 Å². The molecule has 2 rings (SSSR count). The van der Waals surface area contributed by atoms with Gasteiger partial charge in [0.15, 0.2) is 0 Å². The fourth-order valence-electron chi connectivity index (χ4n) is 1.66. The van der Waals surface area contributed by atoms with Crippen molar-refractivity contribution in [1.29, 1.82) is 0 Å². The number of rotatable bonds is 0. The summed E-state index contributed by atoms with van der Waals surface area (Å²) in [5.41, 5.74) is 5.19. The van der Waals surface area contributed by atoms with E-state index in [0.717, 1.165) is 13.0 Å². The Kier molecular flexibility index (Phi) is 1.27. The molecule has 0 aliphatic carbocycles. The van der Waals surface area contributed by atoms with Crippen molar-refractivity contribution in [3.8, 4) is 0 Å². The second-order valence-corrected chi connectivity index (χ2v) is 3.00. The number of urea groups is 1. The van der Waals surface area contributed by atoms with E-state index in [-0.39, 0.29) is 6.03 Å². The van der Waals surface area contributed by atoms with Crippen molar-refractivity contribution in [3.05, 3.63) is 12.3 Å². The maximum absolute atomic E-state index is 10.8. The Morgan fingerprint density at radius 1 is 1.64 bits per heavy atom. The molecule has 2 heterocycles. The lowest BCUT2D eigenvalue weighted by Crippen LogP contribution is -2.39. The molecule has 60 valence electrons. The molecule has 1 atom stereocenters. The Morgan fingerprint density at radius 3 is 3.09 bits per heavy atom. The fraction of sp³-hybridized carbons (Fsp3) is 0.571. The molecule has 2 aliphatic heterocycles. The summed E-state index contributed by atoms with van der Waals surface area (Å²) in [7, 11) is 0. The molecule has 2 aliphatic rings. The molecular weight excluding hydrogens is 142 g/mol. The minimum absolute atomic E-state index is 0.304. The van der Waals surface area contributed by atoms with Crippen LogP contribution in [-0.4, -0.2) is 35.1 Å². The number of fused-ring (bicyclic) bond motifs is 2. The maximum Gasteiger partial charge on any atom is 0.316 e. The molecular formula is C7H11N3O. The first kappa shape index (κ1) is 6.52. The van der Waals surface area contributed by atoms with Crippen LogP contribution < -0.4 is 5.73 Å². The highest BCUT2D eigenvalue weighted by Gasteiger charge is 2.32. The van der Waals surface area contributed by atoms with E-state index in [1.54, 1.807) is 4.90 Å². The van der Waals surface area contributed by atoms with Gasteiger partial charge in [-0.2, -0.15) is 0 Å². The molecule has 0 aromatic carbocycles. The zero-order valence-corrected chi connectivity index (χ0v) is 6.23. The first-order chi connectivity index (χ1) is 5.27. The zero-order chi connectivity index (χ0) is 7.84. The van der Waals surface area contributed by atoms with Gasteiger partial charge in [0.2, 0.25) is 0 Å². The fourth-order valence-corrected chi connectivity index (χ4v) is 1.66. The highest BCUT2D eigenvalue weighted by atomic mass is 16.2. The number of nitrogens with zero attached hydrogens (tertiary/aromatic N) is 2. The van der Waals surface area contributed by atoms with E-state index in [9.17, 15) is 4.79 Å². The Hall–Kier alpha value is -1.19. The van der Waals surface area contributed by atoms with Crippen LogP contribution in [0.25, 0.3) is 0 Å². The molecule has 2 bridgehead atoms. The Labute approximate surface area is 65.2 Å². The summed E-state index contributed by atoms with van der Waals surface area (Å²) in [6, 6.07) is 0.0127. The highest BCUT2D eigenvalue weighted by molar-refractivity contribution is 5.72. The van der Waals surface area contributed by atoms with E-state index >= 15 is 0 Å². The Bertz CT molecular complexity index is 214. The van der Waals surface area contributed by atoms with Crippen molar-refractivity contribution in [1.82, 2.24) is 9.80 Å². The van der Waals surface area contributed by atoms with E-state index in [4.69, 9.17) is 5.73 Å². The van der Waals surface area contributed by atoms with Gasteiger partial charge in [0.1, 0.15) is 0 Å². The Morgan fingerprint density at radius 2 is 2.45 bits per heavy atom. The standard InChI is InChI=1S/C7H11N3O/c8-7(11)10-5-9-3-1-2-6(10)4-9/h1,3,6H,2,4-5H2,(H2,8,11). The monoisotopic (exact) mass is 153 g/mol. The van der Waals surface area contributed by atoms with Gasteiger partial charge in [0.05, 0.1) is 12.7 Å². The van der Waals surface area contributed by atoms with Crippen LogP contribution in [0, 0.1) is 0 Å². The average molecular weight is 153 g/mol. The van der Waals surface area contributed by atoms with E-state index < -0.39 is 0 Å². The molecule has 0 aromatic rings. The molecule has 1 unspecified atom stereocenters. The van der Waals surface area contributed by atoms with Gasteiger partial charge in [-0.1, -0.05) is 6.08 Å². The third kappa shape index (κ3) is 0.943. The molecule has 0 radical (unpaired) electrons. The summed E-state index contributed by atoms with van der Waals surface area (Å²) in [6.45, 7) is 1.61. The number of hydrogen-bond acceptors (Lipinski definition) is 2. The van der Waals surface area contributed by atoms with Crippen LogP contribution in [0.2, 0.25) is 0 Å². The number of carbonyl (C=O) groups excluding carboxylic acids is 1. The maximum atomic E-state index is 10.8. The molecule has 0 aromatic heterocycles. The van der Waals surface area contributed by atoms with Gasteiger partial charge in [-0.05, 0) is 12.6 Å². The van der Waals surface area contributed by atoms with Crippen LogP contribution in [0.1, 0.15) is 6.42 Å². The summed E-state index contributed by atoms with van der Waals surface area (Å²) in [5.74, 6) is 0. The Balaban J connectivity index is 2.14. The number of carbonyl (C=O) groups is 1. The van der Waals surface area contributed by atoms with Crippen LogP contribution in [0.3, 0.4) is 0 Å². The van der Waals surface area contributed by atoms with E-state index in [2.05, 4.69) is 11.0 Å². The normalized spacial score (nSPS) is 27.8. The topological polar surface area (TPSA) is 49.6 Å². The number of amides is 2. The lowest BCUT2D eigenvalue weighted by Gasteiger charge is -2.18. The number of hydrogen-bond donors (Lipinski definition) is 1. The SMILES string of the molecule is NC(=O)N1CN2C=CCC1C2. The summed E-state index contributed by atoms with van der Waals surface area (Å²) in [4.78, 5) is 14.6. The van der Waals surface area contributed by atoms with Crippen molar-refractivity contribution in [2.75, 3.05) is 13.2 Å². The van der Waals surface area contributed by atoms with Crippen molar-refractivity contribution < 1.29 is 4.79 Å². The van der Waals surface area contributed by atoms with E-state index in [1.807, 2.05) is 6.20 Å². The largest absolute Gasteiger partial charge is 0.358 e. The van der Waals surface area contributed by atoms with Crippen LogP contribution in [0.5, 0.6) is 0 Å². The number of primary amides is 1. The highest BCUT2D eigenvalue weighted by Crippen LogP contribution is 2.20. The van der Waals surface area contributed by atoms with Gasteiger partial charge in [0, 0.05) is 6.54 Å². The smallest absolute Gasteiger partial charge is 0.316 e. The van der Waals surface area contributed by atoms with Crippen LogP contribution in [0.15, 0.2) is 12.3 Å². The van der Waals surface area contributed by atoms with Gasteiger partial charge >= 0.3 is 6.03 Å². The van der Waals surface area contributed by atoms with E-state index in [0.29, 0.717) is 12.7 Å². The van der Waals surface area contributed by atoms with E-state index in [1.165, 1.54) is 0 Å². The quantitative estimate of drug-likeness (QED) is 0.529. The average Bonchev–Trinajstić information content (AvgIpc) is 2.27. The third-order valence-corrected chi connectivity index (χ3v) is 2.23. The minimum Gasteiger partial charge on any atom is -0.358 e. The van der Waals surface area contributed by atoms with Gasteiger partial charge in [-0.25, -0.2) is 4.79 Å². The summed E-state index contributed by atoms with van der Waals surface area (Å²) in [5, 5.41) is 0. The molecule has 11 heavy (non-hydrogen) atoms. The predicted molar refractivity (Wildman–Crippen MR) is 40.5 cm³/mol. The van der Waals surface area contributed by atoms with Crippen molar-refractivity contribution in [2.45, 2.75) is 12.5 Å². The summed E-state index contributed by atoms with van der Waals surface area (Å²) in [6.07, 6.45) is 5.05. The second kappa shape index (κ2) is 2.15.